The summed E-state index contributed by atoms with van der Waals surface area (Å²) in [5.74, 6) is -1.73. The minimum Gasteiger partial charge on any atom is -0.475 e. The first kappa shape index (κ1) is 21.3. The number of aliphatic carboxylic acids is 1. The Balaban J connectivity index is 0.000000345. The zero-order chi connectivity index (χ0) is 20.9. The molecule has 148 valence electrons. The lowest BCUT2D eigenvalue weighted by Crippen LogP contribution is -2.21. The Hall–Kier alpha value is -3.01. The van der Waals surface area contributed by atoms with E-state index in [1.807, 2.05) is 19.2 Å². The fraction of sp³-hybridized carbons (Fsp3) is 0.167. The average molecular weight is 410 g/mol. The molecule has 6 nitrogen and oxygen atoms in total. The van der Waals surface area contributed by atoms with Gasteiger partial charge in [0.15, 0.2) is 0 Å². The number of nitrogens with two attached hydrogens (primary N) is 1. The number of carbonyl (C=O) groups is 1. The number of alkyl halides is 3. The minimum absolute atomic E-state index is 0.280. The van der Waals surface area contributed by atoms with Gasteiger partial charge in [0.25, 0.3) is 0 Å². The first-order valence-electron chi connectivity index (χ1n) is 7.85. The highest BCUT2D eigenvalue weighted by molar-refractivity contribution is 7.98. The molecule has 3 rings (SSSR count). The van der Waals surface area contributed by atoms with E-state index >= 15 is 0 Å². The summed E-state index contributed by atoms with van der Waals surface area (Å²) < 4.78 is 31.7. The van der Waals surface area contributed by atoms with E-state index in [2.05, 4.69) is 51.9 Å². The standard InChI is InChI=1S/C16H16N4S.C2HF3O2/c1-18-15-13-7-6-11(9-14(13)19-16(17)20-15)10-4-3-5-12(8-10)21-2;3-2(4,5)1(6)7/h3-9H,1-2H3,(H3,17,18,19,20);(H,6,7). The van der Waals surface area contributed by atoms with E-state index < -0.39 is 12.1 Å². The van der Waals surface area contributed by atoms with Gasteiger partial charge >= 0.3 is 12.1 Å². The van der Waals surface area contributed by atoms with Crippen molar-refractivity contribution in [2.75, 3.05) is 24.4 Å². The van der Waals surface area contributed by atoms with Crippen LogP contribution in [0.25, 0.3) is 22.0 Å². The van der Waals surface area contributed by atoms with Crippen molar-refractivity contribution in [2.24, 2.45) is 0 Å². The van der Waals surface area contributed by atoms with Crippen LogP contribution >= 0.6 is 11.8 Å². The molecule has 0 radical (unpaired) electrons. The van der Waals surface area contributed by atoms with E-state index in [1.54, 1.807) is 11.8 Å². The van der Waals surface area contributed by atoms with E-state index in [0.29, 0.717) is 0 Å². The second-order valence-electron chi connectivity index (χ2n) is 5.45. The zero-order valence-corrected chi connectivity index (χ0v) is 15.7. The summed E-state index contributed by atoms with van der Waals surface area (Å²) in [5, 5.41) is 11.1. The highest BCUT2D eigenvalue weighted by atomic mass is 32.2. The largest absolute Gasteiger partial charge is 0.490 e. The van der Waals surface area contributed by atoms with E-state index in [1.165, 1.54) is 10.5 Å². The number of carboxylic acid groups (broad SMARTS) is 1. The number of thioether (sulfide) groups is 1. The Kier molecular flexibility index (Phi) is 6.68. The number of benzene rings is 2. The molecule has 3 aromatic rings. The third-order valence-corrected chi connectivity index (χ3v) is 4.32. The average Bonchev–Trinajstić information content (AvgIpc) is 2.66. The van der Waals surface area contributed by atoms with Crippen molar-refractivity contribution in [3.63, 3.8) is 0 Å². The number of aromatic nitrogens is 2. The van der Waals surface area contributed by atoms with Crippen LogP contribution in [-0.2, 0) is 4.79 Å². The van der Waals surface area contributed by atoms with Crippen LogP contribution in [0.1, 0.15) is 0 Å². The predicted octanol–water partition coefficient (Wildman–Crippen LogP) is 4.28. The third kappa shape index (κ3) is 5.26. The predicted molar refractivity (Wildman–Crippen MR) is 104 cm³/mol. The topological polar surface area (TPSA) is 101 Å². The van der Waals surface area contributed by atoms with E-state index in [4.69, 9.17) is 15.6 Å². The summed E-state index contributed by atoms with van der Waals surface area (Å²) in [6.07, 6.45) is -3.01. The quantitative estimate of drug-likeness (QED) is 0.554. The van der Waals surface area contributed by atoms with Gasteiger partial charge in [-0.05, 0) is 41.6 Å². The number of rotatable bonds is 3. The van der Waals surface area contributed by atoms with Crippen LogP contribution in [0.4, 0.5) is 24.9 Å². The molecule has 1 heterocycles. The molecule has 10 heteroatoms. The van der Waals surface area contributed by atoms with Crippen LogP contribution in [0.5, 0.6) is 0 Å². The molecule has 0 unspecified atom stereocenters. The van der Waals surface area contributed by atoms with Crippen LogP contribution in [0.3, 0.4) is 0 Å². The van der Waals surface area contributed by atoms with Crippen molar-refractivity contribution in [2.45, 2.75) is 11.1 Å². The second-order valence-corrected chi connectivity index (χ2v) is 6.33. The van der Waals surface area contributed by atoms with Crippen molar-refractivity contribution in [3.8, 4) is 11.1 Å². The van der Waals surface area contributed by atoms with Crippen LogP contribution in [0.2, 0.25) is 0 Å². The molecular weight excluding hydrogens is 393 g/mol. The highest BCUT2D eigenvalue weighted by Gasteiger charge is 2.38. The summed E-state index contributed by atoms with van der Waals surface area (Å²) in [6, 6.07) is 14.6. The Morgan fingerprint density at radius 2 is 1.79 bits per heavy atom. The van der Waals surface area contributed by atoms with Crippen molar-refractivity contribution in [1.29, 1.82) is 0 Å². The van der Waals surface area contributed by atoms with Gasteiger partial charge in [-0.2, -0.15) is 18.2 Å². The molecule has 2 aromatic carbocycles. The van der Waals surface area contributed by atoms with Gasteiger partial charge in [-0.3, -0.25) is 0 Å². The maximum atomic E-state index is 10.6. The van der Waals surface area contributed by atoms with Gasteiger partial charge in [-0.1, -0.05) is 18.2 Å². The van der Waals surface area contributed by atoms with Gasteiger partial charge in [0.05, 0.1) is 5.52 Å². The third-order valence-electron chi connectivity index (χ3n) is 3.60. The fourth-order valence-corrected chi connectivity index (χ4v) is 2.78. The lowest BCUT2D eigenvalue weighted by molar-refractivity contribution is -0.192. The van der Waals surface area contributed by atoms with Crippen LogP contribution in [-0.4, -0.2) is 40.5 Å². The van der Waals surface area contributed by atoms with Crippen molar-refractivity contribution in [3.05, 3.63) is 42.5 Å². The van der Waals surface area contributed by atoms with Gasteiger partial charge in [0, 0.05) is 17.3 Å². The molecule has 1 aromatic heterocycles. The van der Waals surface area contributed by atoms with E-state index in [-0.39, 0.29) is 5.95 Å². The normalized spacial score (nSPS) is 10.9. The molecule has 0 bridgehead atoms. The zero-order valence-electron chi connectivity index (χ0n) is 14.9. The number of fused-ring (bicyclic) bond motifs is 1. The molecule has 0 atom stereocenters. The number of nitrogen functional groups attached to an aromatic ring is 1. The van der Waals surface area contributed by atoms with Gasteiger partial charge in [0.2, 0.25) is 5.95 Å². The molecule has 0 aliphatic heterocycles. The Morgan fingerprint density at radius 3 is 2.36 bits per heavy atom. The summed E-state index contributed by atoms with van der Waals surface area (Å²) in [7, 11) is 1.83. The number of nitrogens with zero attached hydrogens (tertiary/aromatic N) is 2. The van der Waals surface area contributed by atoms with Crippen LogP contribution in [0, 0.1) is 0 Å². The molecule has 0 fully saturated rings. The molecule has 0 spiro atoms. The van der Waals surface area contributed by atoms with Crippen LogP contribution in [0.15, 0.2) is 47.4 Å². The first-order valence-corrected chi connectivity index (χ1v) is 9.07. The number of carboxylic acids is 1. The van der Waals surface area contributed by atoms with E-state index in [0.717, 1.165) is 22.3 Å². The van der Waals surface area contributed by atoms with Crippen molar-refractivity contribution >= 4 is 40.4 Å². The molecule has 0 aliphatic rings. The lowest BCUT2D eigenvalue weighted by Gasteiger charge is -2.08. The van der Waals surface area contributed by atoms with Gasteiger partial charge in [-0.25, -0.2) is 9.78 Å². The first-order chi connectivity index (χ1) is 13.2. The number of halogens is 3. The van der Waals surface area contributed by atoms with E-state index in [9.17, 15) is 13.2 Å². The molecule has 0 aliphatic carbocycles. The number of nitrogens with one attached hydrogen (secondary N) is 1. The summed E-state index contributed by atoms with van der Waals surface area (Å²) >= 11 is 1.73. The van der Waals surface area contributed by atoms with Crippen LogP contribution < -0.4 is 11.1 Å². The summed E-state index contributed by atoms with van der Waals surface area (Å²) in [4.78, 5) is 18.7. The summed E-state index contributed by atoms with van der Waals surface area (Å²) in [6.45, 7) is 0. The monoisotopic (exact) mass is 410 g/mol. The van der Waals surface area contributed by atoms with Gasteiger partial charge < -0.3 is 16.2 Å². The Bertz CT molecular complexity index is 996. The number of anilines is 2. The Labute approximate surface area is 163 Å². The van der Waals surface area contributed by atoms with Gasteiger partial charge in [0.1, 0.15) is 5.82 Å². The Morgan fingerprint density at radius 1 is 1.14 bits per heavy atom. The molecular formula is C18H17F3N4O2S. The molecule has 0 saturated heterocycles. The molecule has 0 amide bonds. The maximum Gasteiger partial charge on any atom is 0.490 e. The van der Waals surface area contributed by atoms with Gasteiger partial charge in [-0.15, -0.1) is 11.8 Å². The number of hydrogen-bond acceptors (Lipinski definition) is 6. The second kappa shape index (κ2) is 8.79. The molecule has 4 N–H and O–H groups in total. The summed E-state index contributed by atoms with van der Waals surface area (Å²) in [5.41, 5.74) is 8.91. The smallest absolute Gasteiger partial charge is 0.475 e. The number of hydrogen-bond donors (Lipinski definition) is 3. The maximum absolute atomic E-state index is 10.6. The van der Waals surface area contributed by atoms with Crippen molar-refractivity contribution in [1.82, 2.24) is 9.97 Å². The fourth-order valence-electron chi connectivity index (χ4n) is 2.32. The minimum atomic E-state index is -5.08. The molecule has 28 heavy (non-hydrogen) atoms. The SMILES string of the molecule is CNc1nc(N)nc2cc(-c3cccc(SC)c3)ccc12.O=C(O)C(F)(F)F. The molecule has 0 saturated carbocycles. The lowest BCUT2D eigenvalue weighted by atomic mass is 10.0. The van der Waals surface area contributed by atoms with Crippen molar-refractivity contribution < 1.29 is 23.1 Å². The highest BCUT2D eigenvalue weighted by Crippen LogP contribution is 2.29.